The van der Waals surface area contributed by atoms with Crippen molar-refractivity contribution >= 4 is 17.9 Å². The topological polar surface area (TPSA) is 89.9 Å². The molecule has 0 aromatic carbocycles. The summed E-state index contributed by atoms with van der Waals surface area (Å²) in [6.07, 6.45) is 6.61. The Balaban J connectivity index is -0.000000366. The molecule has 1 unspecified atom stereocenters. The van der Waals surface area contributed by atoms with Gasteiger partial charge in [-0.1, -0.05) is 52.8 Å². The fraction of sp³-hybridized carbons (Fsp3) is 0.550. The van der Waals surface area contributed by atoms with Crippen molar-refractivity contribution < 1.29 is 29.0 Å². The average molecular weight is 370 g/mol. The normalized spacial score (nSPS) is 9.85. The number of hydrogen-bond donors (Lipinski definition) is 1. The first kappa shape index (κ1) is 28.4. The van der Waals surface area contributed by atoms with Gasteiger partial charge >= 0.3 is 17.9 Å². The number of ether oxygens (including phenoxy) is 2. The lowest BCUT2D eigenvalue weighted by atomic mass is 10.0. The second kappa shape index (κ2) is 20.7. The molecule has 0 aliphatic carbocycles. The lowest BCUT2D eigenvalue weighted by molar-refractivity contribution is -0.140. The first-order valence-corrected chi connectivity index (χ1v) is 8.67. The van der Waals surface area contributed by atoms with Crippen LogP contribution in [-0.4, -0.2) is 36.2 Å². The van der Waals surface area contributed by atoms with Gasteiger partial charge in [-0.3, -0.25) is 0 Å². The number of carboxylic acid groups (broad SMARTS) is 1. The maximum atomic E-state index is 11.1. The monoisotopic (exact) mass is 370 g/mol. The van der Waals surface area contributed by atoms with Crippen molar-refractivity contribution in [2.24, 2.45) is 5.92 Å². The van der Waals surface area contributed by atoms with Crippen LogP contribution in [0.25, 0.3) is 0 Å². The number of esters is 2. The lowest BCUT2D eigenvalue weighted by Crippen LogP contribution is -2.14. The highest BCUT2D eigenvalue weighted by atomic mass is 16.5. The van der Waals surface area contributed by atoms with E-state index < -0.39 is 5.97 Å². The van der Waals surface area contributed by atoms with E-state index in [4.69, 9.17) is 9.84 Å². The van der Waals surface area contributed by atoms with Crippen molar-refractivity contribution in [2.75, 3.05) is 13.2 Å². The van der Waals surface area contributed by atoms with Gasteiger partial charge in [-0.15, -0.1) is 0 Å². The van der Waals surface area contributed by atoms with Crippen LogP contribution in [-0.2, 0) is 23.9 Å². The molecule has 0 bridgehead atoms. The highest BCUT2D eigenvalue weighted by Gasteiger charge is 2.09. The fourth-order valence-electron chi connectivity index (χ4n) is 1.42. The molecule has 0 aliphatic rings. The Kier molecular flexibility index (Phi) is 22.6. The van der Waals surface area contributed by atoms with E-state index >= 15 is 0 Å². The summed E-state index contributed by atoms with van der Waals surface area (Å²) in [7, 11) is 0. The lowest BCUT2D eigenvalue weighted by Gasteiger charge is -2.14. The molecule has 0 aliphatic heterocycles. The third kappa shape index (κ3) is 23.9. The Labute approximate surface area is 157 Å². The summed E-state index contributed by atoms with van der Waals surface area (Å²) in [5.74, 6) is -1.09. The Hall–Kier alpha value is -2.37. The van der Waals surface area contributed by atoms with Crippen molar-refractivity contribution in [1.29, 1.82) is 0 Å². The number of carbonyl (C=O) groups is 3. The van der Waals surface area contributed by atoms with Crippen molar-refractivity contribution in [3.63, 3.8) is 0 Å². The summed E-state index contributed by atoms with van der Waals surface area (Å²) in [5, 5.41) is 7.60. The van der Waals surface area contributed by atoms with Crippen LogP contribution in [0.1, 0.15) is 53.4 Å². The van der Waals surface area contributed by atoms with Gasteiger partial charge in [0.2, 0.25) is 0 Å². The van der Waals surface area contributed by atoms with Crippen molar-refractivity contribution in [1.82, 2.24) is 0 Å². The van der Waals surface area contributed by atoms with E-state index in [0.29, 0.717) is 24.7 Å². The predicted octanol–water partition coefficient (Wildman–Crippen LogP) is 4.31. The van der Waals surface area contributed by atoms with E-state index in [1.807, 2.05) is 0 Å². The molecule has 1 atom stereocenters. The fourth-order valence-corrected chi connectivity index (χ4v) is 1.42. The molecule has 0 radical (unpaired) electrons. The molecular formula is C20H34O6. The quantitative estimate of drug-likeness (QED) is 0.455. The smallest absolute Gasteiger partial charge is 0.333 e. The molecule has 0 aromatic rings. The van der Waals surface area contributed by atoms with Gasteiger partial charge in [0.05, 0.1) is 13.2 Å². The summed E-state index contributed by atoms with van der Waals surface area (Å²) in [4.78, 5) is 30.4. The highest BCUT2D eigenvalue weighted by molar-refractivity contribution is 5.86. The van der Waals surface area contributed by atoms with Crippen LogP contribution >= 0.6 is 0 Å². The SMILES string of the molecule is C=C(C)C(=O)OCC(CC)CCCC.C=CC(=O)O.C=CC(=O)OCC. The number of aliphatic carboxylic acids is 1. The van der Waals surface area contributed by atoms with Gasteiger partial charge in [0.1, 0.15) is 0 Å². The van der Waals surface area contributed by atoms with Gasteiger partial charge in [0.25, 0.3) is 0 Å². The molecule has 26 heavy (non-hydrogen) atoms. The summed E-state index contributed by atoms with van der Waals surface area (Å²) in [6.45, 7) is 18.4. The maximum Gasteiger partial charge on any atom is 0.333 e. The molecule has 0 saturated carbocycles. The second-order valence-electron chi connectivity index (χ2n) is 5.29. The Morgan fingerprint density at radius 1 is 1.08 bits per heavy atom. The number of unbranched alkanes of at least 4 members (excludes halogenated alkanes) is 1. The Morgan fingerprint density at radius 2 is 1.62 bits per heavy atom. The highest BCUT2D eigenvalue weighted by Crippen LogP contribution is 2.13. The van der Waals surface area contributed by atoms with Gasteiger partial charge in [0.15, 0.2) is 0 Å². The van der Waals surface area contributed by atoms with Gasteiger partial charge in [-0.2, -0.15) is 0 Å². The number of hydrogen-bond acceptors (Lipinski definition) is 5. The van der Waals surface area contributed by atoms with Crippen LogP contribution in [0.5, 0.6) is 0 Å². The molecule has 6 heteroatoms. The summed E-state index contributed by atoms with van der Waals surface area (Å²) in [6, 6.07) is 0. The molecule has 0 rings (SSSR count). The molecular weight excluding hydrogens is 336 g/mol. The van der Waals surface area contributed by atoms with Crippen molar-refractivity contribution in [3.05, 3.63) is 37.5 Å². The molecule has 0 heterocycles. The van der Waals surface area contributed by atoms with Gasteiger partial charge < -0.3 is 14.6 Å². The molecule has 0 amide bonds. The first-order chi connectivity index (χ1) is 12.2. The zero-order chi connectivity index (χ0) is 21.0. The minimum atomic E-state index is -0.981. The standard InChI is InChI=1S/C12H22O2.C5H8O2.C3H4O2/c1-5-7-8-11(6-2)9-14-12(13)10(3)4;1-3-5(6)7-4-2;1-2-3(4)5/h11H,3,5-9H2,1-2,4H3;3H,1,4H2,2H3;2H,1H2,(H,4,5). The van der Waals surface area contributed by atoms with Crippen LogP contribution in [0.4, 0.5) is 0 Å². The zero-order valence-corrected chi connectivity index (χ0v) is 16.6. The molecule has 6 nitrogen and oxygen atoms in total. The molecule has 150 valence electrons. The van der Waals surface area contributed by atoms with Gasteiger partial charge in [0, 0.05) is 17.7 Å². The van der Waals surface area contributed by atoms with E-state index in [-0.39, 0.29) is 11.9 Å². The first-order valence-electron chi connectivity index (χ1n) is 8.67. The van der Waals surface area contributed by atoms with E-state index in [2.05, 4.69) is 38.3 Å². The maximum absolute atomic E-state index is 11.1. The van der Waals surface area contributed by atoms with E-state index in [1.165, 1.54) is 12.8 Å². The average Bonchev–Trinajstić information content (AvgIpc) is 2.62. The van der Waals surface area contributed by atoms with Crippen LogP contribution in [0.2, 0.25) is 0 Å². The third-order valence-corrected chi connectivity index (χ3v) is 2.97. The van der Waals surface area contributed by atoms with Crippen LogP contribution in [0.15, 0.2) is 37.5 Å². The Morgan fingerprint density at radius 3 is 1.88 bits per heavy atom. The molecule has 1 N–H and O–H groups in total. The number of rotatable bonds is 10. The molecule has 0 saturated heterocycles. The number of carboxylic acids is 1. The van der Waals surface area contributed by atoms with Crippen molar-refractivity contribution in [3.8, 4) is 0 Å². The third-order valence-electron chi connectivity index (χ3n) is 2.97. The van der Waals surface area contributed by atoms with Gasteiger partial charge in [-0.25, -0.2) is 14.4 Å². The van der Waals surface area contributed by atoms with E-state index in [0.717, 1.165) is 25.0 Å². The zero-order valence-electron chi connectivity index (χ0n) is 16.6. The summed E-state index contributed by atoms with van der Waals surface area (Å²) in [5.41, 5.74) is 0.482. The minimum absolute atomic E-state index is 0.264. The predicted molar refractivity (Wildman–Crippen MR) is 104 cm³/mol. The largest absolute Gasteiger partial charge is 0.478 e. The summed E-state index contributed by atoms with van der Waals surface area (Å²) < 4.78 is 9.55. The molecule has 0 aromatic heterocycles. The minimum Gasteiger partial charge on any atom is -0.478 e. The molecule has 0 fully saturated rings. The van der Waals surface area contributed by atoms with Crippen LogP contribution < -0.4 is 0 Å². The summed E-state index contributed by atoms with van der Waals surface area (Å²) >= 11 is 0. The second-order valence-corrected chi connectivity index (χ2v) is 5.29. The van der Waals surface area contributed by atoms with E-state index in [1.54, 1.807) is 13.8 Å². The number of carbonyl (C=O) groups excluding carboxylic acids is 2. The van der Waals surface area contributed by atoms with Crippen molar-refractivity contribution in [2.45, 2.75) is 53.4 Å². The van der Waals surface area contributed by atoms with Crippen LogP contribution in [0, 0.1) is 5.92 Å². The Bertz CT molecular complexity index is 440. The van der Waals surface area contributed by atoms with Gasteiger partial charge in [-0.05, 0) is 26.2 Å². The van der Waals surface area contributed by atoms with E-state index in [9.17, 15) is 14.4 Å². The van der Waals surface area contributed by atoms with Crippen LogP contribution in [0.3, 0.4) is 0 Å². The molecule has 0 spiro atoms.